The van der Waals surface area contributed by atoms with Gasteiger partial charge in [-0.1, -0.05) is 90.5 Å². The molecule has 0 aliphatic carbocycles. The van der Waals surface area contributed by atoms with Gasteiger partial charge >= 0.3 is 0 Å². The summed E-state index contributed by atoms with van der Waals surface area (Å²) < 4.78 is 0. The molecule has 0 spiro atoms. The minimum Gasteiger partial charge on any atom is -0.350 e. The third-order valence-electron chi connectivity index (χ3n) is 5.40. The summed E-state index contributed by atoms with van der Waals surface area (Å²) in [6.45, 7) is 8.27. The van der Waals surface area contributed by atoms with Crippen LogP contribution < -0.4 is 5.32 Å². The Morgan fingerprint density at radius 1 is 0.818 bits per heavy atom. The van der Waals surface area contributed by atoms with Crippen molar-refractivity contribution in [2.75, 3.05) is 0 Å². The lowest BCUT2D eigenvalue weighted by Gasteiger charge is -2.34. The van der Waals surface area contributed by atoms with E-state index in [1.807, 2.05) is 113 Å². The van der Waals surface area contributed by atoms with E-state index in [1.165, 1.54) is 0 Å². The first-order valence-electron chi connectivity index (χ1n) is 11.5. The van der Waals surface area contributed by atoms with Gasteiger partial charge in [-0.2, -0.15) is 0 Å². The monoisotopic (exact) mass is 442 g/mol. The second-order valence-corrected chi connectivity index (χ2v) is 9.62. The van der Waals surface area contributed by atoms with E-state index in [-0.39, 0.29) is 18.2 Å². The van der Waals surface area contributed by atoms with Crippen LogP contribution in [0.15, 0.2) is 84.9 Å². The van der Waals surface area contributed by atoms with Gasteiger partial charge in [0.15, 0.2) is 0 Å². The predicted octanol–water partition coefficient (Wildman–Crippen LogP) is 5.09. The molecular formula is C29H34N2O2. The zero-order valence-corrected chi connectivity index (χ0v) is 20.0. The van der Waals surface area contributed by atoms with Crippen LogP contribution in [-0.4, -0.2) is 28.3 Å². The Balaban J connectivity index is 1.97. The van der Waals surface area contributed by atoms with E-state index >= 15 is 0 Å². The number of carbonyl (C=O) groups excluding carboxylic acids is 2. The van der Waals surface area contributed by atoms with Crippen molar-refractivity contribution in [1.82, 2.24) is 10.2 Å². The molecule has 0 radical (unpaired) electrons. The van der Waals surface area contributed by atoms with Crippen LogP contribution >= 0.6 is 0 Å². The van der Waals surface area contributed by atoms with Crippen molar-refractivity contribution < 1.29 is 9.59 Å². The minimum atomic E-state index is -0.621. The largest absolute Gasteiger partial charge is 0.350 e. The van der Waals surface area contributed by atoms with Gasteiger partial charge in [0.25, 0.3) is 0 Å². The zero-order chi connectivity index (χ0) is 23.8. The smallest absolute Gasteiger partial charge is 0.243 e. The topological polar surface area (TPSA) is 49.4 Å². The molecule has 0 aliphatic rings. The number of rotatable bonds is 8. The van der Waals surface area contributed by atoms with Gasteiger partial charge in [-0.15, -0.1) is 0 Å². The van der Waals surface area contributed by atoms with Gasteiger partial charge < -0.3 is 10.2 Å². The number of amides is 2. The first-order chi connectivity index (χ1) is 15.7. The molecule has 1 N–H and O–H groups in total. The van der Waals surface area contributed by atoms with Crippen LogP contribution in [-0.2, 0) is 29.0 Å². The standard InChI is InChI=1S/C29H34N2O2/c1-22-12-11-17-25(18-22)20-27(32)31(21-24-15-9-6-10-16-24)26(28(33)30-29(2,3)4)19-23-13-7-5-8-14-23/h5-18,26H,19-21H2,1-4H3,(H,30,33). The maximum Gasteiger partial charge on any atom is 0.243 e. The van der Waals surface area contributed by atoms with Crippen LogP contribution in [0.4, 0.5) is 0 Å². The Kier molecular flexibility index (Phi) is 8.05. The van der Waals surface area contributed by atoms with Crippen LogP contribution in [0.25, 0.3) is 0 Å². The normalized spacial score (nSPS) is 12.1. The minimum absolute atomic E-state index is 0.0607. The van der Waals surface area contributed by atoms with Gasteiger partial charge in [0, 0.05) is 18.5 Å². The summed E-state index contributed by atoms with van der Waals surface area (Å²) in [7, 11) is 0. The van der Waals surface area contributed by atoms with Crippen molar-refractivity contribution >= 4 is 11.8 Å². The molecule has 0 fully saturated rings. The second-order valence-electron chi connectivity index (χ2n) is 9.62. The Morgan fingerprint density at radius 3 is 1.97 bits per heavy atom. The van der Waals surface area contributed by atoms with Crippen LogP contribution in [0.3, 0.4) is 0 Å². The van der Waals surface area contributed by atoms with Crippen LogP contribution in [0.2, 0.25) is 0 Å². The van der Waals surface area contributed by atoms with Crippen molar-refractivity contribution in [3.8, 4) is 0 Å². The first kappa shape index (κ1) is 24.2. The lowest BCUT2D eigenvalue weighted by molar-refractivity contribution is -0.141. The highest BCUT2D eigenvalue weighted by Crippen LogP contribution is 2.18. The molecule has 0 aromatic heterocycles. The molecule has 0 saturated carbocycles. The van der Waals surface area contributed by atoms with Crippen molar-refractivity contribution in [3.63, 3.8) is 0 Å². The summed E-state index contributed by atoms with van der Waals surface area (Å²) in [6.07, 6.45) is 0.706. The lowest BCUT2D eigenvalue weighted by Crippen LogP contribution is -2.54. The number of hydrogen-bond acceptors (Lipinski definition) is 2. The predicted molar refractivity (Wildman–Crippen MR) is 134 cm³/mol. The molecular weight excluding hydrogens is 408 g/mol. The highest BCUT2D eigenvalue weighted by molar-refractivity contribution is 5.89. The quantitative estimate of drug-likeness (QED) is 0.528. The molecule has 172 valence electrons. The van der Waals surface area contributed by atoms with Crippen molar-refractivity contribution in [1.29, 1.82) is 0 Å². The summed E-state index contributed by atoms with van der Waals surface area (Å²) in [6, 6.07) is 27.1. The van der Waals surface area contributed by atoms with Crippen molar-refractivity contribution in [3.05, 3.63) is 107 Å². The maximum absolute atomic E-state index is 13.7. The maximum atomic E-state index is 13.7. The SMILES string of the molecule is Cc1cccc(CC(=O)N(Cc2ccccc2)C(Cc2ccccc2)C(=O)NC(C)(C)C)c1. The third kappa shape index (κ3) is 7.60. The molecule has 0 bridgehead atoms. The van der Waals surface area contributed by atoms with Crippen molar-refractivity contribution in [2.45, 2.75) is 58.7 Å². The van der Waals surface area contributed by atoms with E-state index in [1.54, 1.807) is 4.90 Å². The number of nitrogens with one attached hydrogen (secondary N) is 1. The van der Waals surface area contributed by atoms with Gasteiger partial charge in [-0.3, -0.25) is 9.59 Å². The fraction of sp³-hybridized carbons (Fsp3) is 0.310. The number of hydrogen-bond donors (Lipinski definition) is 1. The Bertz CT molecular complexity index is 1060. The molecule has 4 heteroatoms. The second kappa shape index (κ2) is 11.0. The molecule has 33 heavy (non-hydrogen) atoms. The molecule has 3 rings (SSSR count). The van der Waals surface area contributed by atoms with Gasteiger partial charge in [-0.05, 0) is 44.4 Å². The molecule has 4 nitrogen and oxygen atoms in total. The Labute approximate surface area is 197 Å². The average Bonchev–Trinajstić information content (AvgIpc) is 2.76. The highest BCUT2D eigenvalue weighted by Gasteiger charge is 2.32. The van der Waals surface area contributed by atoms with Gasteiger partial charge in [0.2, 0.25) is 11.8 Å². The summed E-state index contributed by atoms with van der Waals surface area (Å²) in [5.74, 6) is -0.200. The molecule has 0 heterocycles. The summed E-state index contributed by atoms with van der Waals surface area (Å²) in [4.78, 5) is 28.9. The number of carbonyl (C=O) groups is 2. The zero-order valence-electron chi connectivity index (χ0n) is 20.0. The summed E-state index contributed by atoms with van der Waals surface area (Å²) in [5.41, 5.74) is 3.68. The Hall–Kier alpha value is -3.40. The lowest BCUT2D eigenvalue weighted by atomic mass is 9.99. The van der Waals surface area contributed by atoms with Crippen LogP contribution in [0.1, 0.15) is 43.0 Å². The van der Waals surface area contributed by atoms with Crippen LogP contribution in [0.5, 0.6) is 0 Å². The molecule has 2 amide bonds. The van der Waals surface area contributed by atoms with Crippen molar-refractivity contribution in [2.24, 2.45) is 0 Å². The molecule has 0 saturated heterocycles. The van der Waals surface area contributed by atoms with E-state index in [0.29, 0.717) is 13.0 Å². The van der Waals surface area contributed by atoms with E-state index in [2.05, 4.69) is 5.32 Å². The van der Waals surface area contributed by atoms with E-state index < -0.39 is 11.6 Å². The Morgan fingerprint density at radius 2 is 1.39 bits per heavy atom. The van der Waals surface area contributed by atoms with Crippen LogP contribution in [0, 0.1) is 6.92 Å². The molecule has 1 atom stereocenters. The van der Waals surface area contributed by atoms with Gasteiger partial charge in [0.05, 0.1) is 6.42 Å². The highest BCUT2D eigenvalue weighted by atomic mass is 16.2. The average molecular weight is 443 g/mol. The number of benzene rings is 3. The summed E-state index contributed by atoms with van der Waals surface area (Å²) >= 11 is 0. The fourth-order valence-electron chi connectivity index (χ4n) is 3.89. The molecule has 3 aromatic rings. The van der Waals surface area contributed by atoms with E-state index in [9.17, 15) is 9.59 Å². The van der Waals surface area contributed by atoms with Gasteiger partial charge in [-0.25, -0.2) is 0 Å². The molecule has 1 unspecified atom stereocenters. The third-order valence-corrected chi connectivity index (χ3v) is 5.40. The number of aryl methyl sites for hydroxylation is 1. The number of nitrogens with zero attached hydrogens (tertiary/aromatic N) is 1. The first-order valence-corrected chi connectivity index (χ1v) is 11.5. The molecule has 3 aromatic carbocycles. The van der Waals surface area contributed by atoms with E-state index in [0.717, 1.165) is 22.3 Å². The summed E-state index contributed by atoms with van der Waals surface area (Å²) in [5, 5.41) is 3.10. The van der Waals surface area contributed by atoms with Gasteiger partial charge in [0.1, 0.15) is 6.04 Å². The molecule has 0 aliphatic heterocycles. The van der Waals surface area contributed by atoms with E-state index in [4.69, 9.17) is 0 Å². The fourth-order valence-corrected chi connectivity index (χ4v) is 3.89.